The molecule has 2 aliphatic rings. The summed E-state index contributed by atoms with van der Waals surface area (Å²) in [5, 5.41) is 2.83. The Bertz CT molecular complexity index is 835. The van der Waals surface area contributed by atoms with Gasteiger partial charge in [0.15, 0.2) is 6.10 Å². The lowest BCUT2D eigenvalue weighted by atomic mass is 9.97. The van der Waals surface area contributed by atoms with Crippen LogP contribution in [0.5, 0.6) is 0 Å². The quantitative estimate of drug-likeness (QED) is 0.821. The van der Waals surface area contributed by atoms with Crippen LogP contribution in [0, 0.1) is 0 Å². The molecule has 2 fully saturated rings. The van der Waals surface area contributed by atoms with E-state index in [0.717, 1.165) is 37.1 Å². The van der Waals surface area contributed by atoms with Gasteiger partial charge in [-0.2, -0.15) is 13.2 Å². The summed E-state index contributed by atoms with van der Waals surface area (Å²) in [5.74, 6) is -0.246. The summed E-state index contributed by atoms with van der Waals surface area (Å²) in [6.07, 6.45) is -2.76. The summed E-state index contributed by atoms with van der Waals surface area (Å²) in [5.41, 5.74) is 0.943. The highest BCUT2D eigenvalue weighted by atomic mass is 19.4. The summed E-state index contributed by atoms with van der Waals surface area (Å²) in [6.45, 7) is 1.42. The van der Waals surface area contributed by atoms with Gasteiger partial charge in [-0.05, 0) is 36.1 Å². The second kappa shape index (κ2) is 8.16. The molecule has 1 saturated carbocycles. The first-order chi connectivity index (χ1) is 13.9. The van der Waals surface area contributed by atoms with E-state index < -0.39 is 17.8 Å². The first-order valence-corrected chi connectivity index (χ1v) is 9.79. The molecule has 1 saturated heterocycles. The van der Waals surface area contributed by atoms with E-state index in [1.807, 2.05) is 30.3 Å². The normalized spacial score (nSPS) is 23.0. The molecule has 4 nitrogen and oxygen atoms in total. The lowest BCUT2D eigenvalue weighted by Gasteiger charge is -2.41. The highest BCUT2D eigenvalue weighted by Crippen LogP contribution is 2.39. The van der Waals surface area contributed by atoms with Gasteiger partial charge in [-0.15, -0.1) is 0 Å². The molecule has 0 radical (unpaired) electrons. The monoisotopic (exact) mass is 404 g/mol. The topological polar surface area (TPSA) is 41.6 Å². The standard InChI is InChI=1S/C22H23F3N2O2/c23-22(24,25)17-8-6-15(7-9-17)14-26-21(28)20-19(16-4-2-1-3-5-16)27(12-13-29-20)18-10-11-18/h1-9,18-20H,10-14H2,(H,26,28)/t19-,20+/m0/s1. The number of benzene rings is 2. The maximum atomic E-state index is 12.9. The molecule has 0 unspecified atom stereocenters. The zero-order valence-electron chi connectivity index (χ0n) is 15.9. The van der Waals surface area contributed by atoms with Crippen LogP contribution in [-0.2, 0) is 22.3 Å². The van der Waals surface area contributed by atoms with Crippen LogP contribution in [-0.4, -0.2) is 36.1 Å². The number of carbonyl (C=O) groups excluding carboxylic acids is 1. The fourth-order valence-electron chi connectivity index (χ4n) is 3.84. The van der Waals surface area contributed by atoms with E-state index in [2.05, 4.69) is 10.2 Å². The summed E-state index contributed by atoms with van der Waals surface area (Å²) in [7, 11) is 0. The van der Waals surface area contributed by atoms with Crippen molar-refractivity contribution in [1.82, 2.24) is 10.2 Å². The summed E-state index contributed by atoms with van der Waals surface area (Å²) in [4.78, 5) is 15.3. The average Bonchev–Trinajstić information content (AvgIpc) is 3.57. The Morgan fingerprint density at radius 3 is 2.38 bits per heavy atom. The summed E-state index contributed by atoms with van der Waals surface area (Å²) in [6, 6.07) is 15.0. The van der Waals surface area contributed by atoms with Crippen LogP contribution in [0.2, 0.25) is 0 Å². The summed E-state index contributed by atoms with van der Waals surface area (Å²) >= 11 is 0. The minimum Gasteiger partial charge on any atom is -0.365 e. The molecule has 0 aromatic heterocycles. The van der Waals surface area contributed by atoms with Gasteiger partial charge in [0, 0.05) is 19.1 Å². The number of morpholine rings is 1. The Kier molecular flexibility index (Phi) is 5.61. The largest absolute Gasteiger partial charge is 0.416 e. The molecule has 2 atom stereocenters. The maximum absolute atomic E-state index is 12.9. The molecule has 7 heteroatoms. The Labute approximate surface area is 167 Å². The molecule has 1 aliphatic heterocycles. The molecule has 1 N–H and O–H groups in total. The predicted octanol–water partition coefficient (Wildman–Crippen LogP) is 3.93. The van der Waals surface area contributed by atoms with Gasteiger partial charge >= 0.3 is 6.18 Å². The molecule has 4 rings (SSSR count). The maximum Gasteiger partial charge on any atom is 0.416 e. The number of alkyl halides is 3. The van der Waals surface area contributed by atoms with Gasteiger partial charge in [0.1, 0.15) is 0 Å². The van der Waals surface area contributed by atoms with Crippen LogP contribution in [0.15, 0.2) is 54.6 Å². The van der Waals surface area contributed by atoms with E-state index in [1.165, 1.54) is 12.1 Å². The molecule has 0 spiro atoms. The van der Waals surface area contributed by atoms with Gasteiger partial charge in [0.2, 0.25) is 0 Å². The molecular weight excluding hydrogens is 381 g/mol. The Morgan fingerprint density at radius 2 is 1.76 bits per heavy atom. The van der Waals surface area contributed by atoms with Crippen molar-refractivity contribution in [1.29, 1.82) is 0 Å². The van der Waals surface area contributed by atoms with Gasteiger partial charge < -0.3 is 10.1 Å². The van der Waals surface area contributed by atoms with E-state index in [9.17, 15) is 18.0 Å². The van der Waals surface area contributed by atoms with Crippen LogP contribution in [0.4, 0.5) is 13.2 Å². The third kappa shape index (κ3) is 4.62. The van der Waals surface area contributed by atoms with Gasteiger partial charge in [-0.3, -0.25) is 9.69 Å². The van der Waals surface area contributed by atoms with Crippen LogP contribution in [0.25, 0.3) is 0 Å². The third-order valence-electron chi connectivity index (χ3n) is 5.45. The SMILES string of the molecule is O=C(NCc1ccc(C(F)(F)F)cc1)[C@@H]1OCCN(C2CC2)[C@H]1c1ccccc1. The van der Waals surface area contributed by atoms with E-state index in [1.54, 1.807) is 0 Å². The highest BCUT2D eigenvalue weighted by molar-refractivity contribution is 5.82. The lowest BCUT2D eigenvalue weighted by molar-refractivity contribution is -0.146. The number of hydrogen-bond acceptors (Lipinski definition) is 3. The molecule has 2 aromatic rings. The number of amides is 1. The number of halogens is 3. The van der Waals surface area contributed by atoms with Crippen molar-refractivity contribution < 1.29 is 22.7 Å². The molecule has 0 bridgehead atoms. The minimum absolute atomic E-state index is 0.155. The van der Waals surface area contributed by atoms with Crippen LogP contribution < -0.4 is 5.32 Å². The van der Waals surface area contributed by atoms with Crippen molar-refractivity contribution in [2.45, 2.75) is 43.8 Å². The lowest BCUT2D eigenvalue weighted by Crippen LogP contribution is -2.52. The highest BCUT2D eigenvalue weighted by Gasteiger charge is 2.43. The number of ether oxygens (including phenoxy) is 1. The van der Waals surface area contributed by atoms with Crippen molar-refractivity contribution >= 4 is 5.91 Å². The van der Waals surface area contributed by atoms with Crippen molar-refractivity contribution in [2.75, 3.05) is 13.2 Å². The Morgan fingerprint density at radius 1 is 1.07 bits per heavy atom. The number of carbonyl (C=O) groups is 1. The average molecular weight is 404 g/mol. The smallest absolute Gasteiger partial charge is 0.365 e. The van der Waals surface area contributed by atoms with Gasteiger partial charge in [-0.1, -0.05) is 42.5 Å². The first-order valence-electron chi connectivity index (χ1n) is 9.79. The summed E-state index contributed by atoms with van der Waals surface area (Å²) < 4.78 is 44.0. The first kappa shape index (κ1) is 19.9. The van der Waals surface area contributed by atoms with Crippen LogP contribution in [0.3, 0.4) is 0 Å². The molecular formula is C22H23F3N2O2. The van der Waals surface area contributed by atoms with Crippen LogP contribution >= 0.6 is 0 Å². The second-order valence-electron chi connectivity index (χ2n) is 7.53. The molecule has 29 heavy (non-hydrogen) atoms. The van der Waals surface area contributed by atoms with Crippen LogP contribution in [0.1, 0.15) is 35.6 Å². The fraction of sp³-hybridized carbons (Fsp3) is 0.409. The van der Waals surface area contributed by atoms with Crippen molar-refractivity contribution in [3.8, 4) is 0 Å². The Hall–Kier alpha value is -2.38. The van der Waals surface area contributed by atoms with E-state index in [0.29, 0.717) is 18.2 Å². The number of rotatable bonds is 5. The fourth-order valence-corrected chi connectivity index (χ4v) is 3.84. The second-order valence-corrected chi connectivity index (χ2v) is 7.53. The minimum atomic E-state index is -4.37. The van der Waals surface area contributed by atoms with E-state index >= 15 is 0 Å². The zero-order valence-corrected chi connectivity index (χ0v) is 15.9. The number of hydrogen-bond donors (Lipinski definition) is 1. The van der Waals surface area contributed by atoms with Gasteiger partial charge in [0.05, 0.1) is 18.2 Å². The Balaban J connectivity index is 1.46. The molecule has 1 heterocycles. The van der Waals surface area contributed by atoms with E-state index in [-0.39, 0.29) is 18.5 Å². The molecule has 1 aliphatic carbocycles. The van der Waals surface area contributed by atoms with Gasteiger partial charge in [0.25, 0.3) is 5.91 Å². The molecule has 1 amide bonds. The number of nitrogens with zero attached hydrogens (tertiary/aromatic N) is 1. The van der Waals surface area contributed by atoms with Crippen molar-refractivity contribution in [3.63, 3.8) is 0 Å². The molecule has 2 aromatic carbocycles. The van der Waals surface area contributed by atoms with Gasteiger partial charge in [-0.25, -0.2) is 0 Å². The zero-order chi connectivity index (χ0) is 20.4. The van der Waals surface area contributed by atoms with E-state index in [4.69, 9.17) is 4.74 Å². The number of nitrogens with one attached hydrogen (secondary N) is 1. The predicted molar refractivity (Wildman–Crippen MR) is 102 cm³/mol. The van der Waals surface area contributed by atoms with Crippen molar-refractivity contribution in [2.24, 2.45) is 0 Å². The third-order valence-corrected chi connectivity index (χ3v) is 5.45. The van der Waals surface area contributed by atoms with Crippen molar-refractivity contribution in [3.05, 3.63) is 71.3 Å². The molecule has 154 valence electrons.